The molecule has 4 heteroatoms. The average molecular weight is 276 g/mol. The lowest BCUT2D eigenvalue weighted by molar-refractivity contribution is 0.491. The van der Waals surface area contributed by atoms with Crippen molar-refractivity contribution in [3.05, 3.63) is 11.4 Å². The molecular formula is C16H28N4. The fourth-order valence-electron chi connectivity index (χ4n) is 2.99. The molecule has 0 aromatic carbocycles. The smallest absolute Gasteiger partial charge is 0.134 e. The lowest BCUT2D eigenvalue weighted by atomic mass is 10.0. The molecule has 3 N–H and O–H groups in total. The van der Waals surface area contributed by atoms with Crippen LogP contribution in [-0.2, 0) is 6.42 Å². The van der Waals surface area contributed by atoms with Gasteiger partial charge in [-0.3, -0.25) is 0 Å². The van der Waals surface area contributed by atoms with Gasteiger partial charge in [0.25, 0.3) is 0 Å². The first-order chi connectivity index (χ1) is 9.70. The maximum atomic E-state index is 5.96. The Morgan fingerprint density at radius 2 is 2.00 bits per heavy atom. The molecule has 0 amide bonds. The molecular weight excluding hydrogens is 248 g/mol. The number of aromatic nitrogens is 2. The van der Waals surface area contributed by atoms with Gasteiger partial charge in [-0.25, -0.2) is 9.97 Å². The SMILES string of the molecule is CCCc1nc(N)c(C)c(NCCCC2CCCC2)n1. The van der Waals surface area contributed by atoms with Gasteiger partial charge >= 0.3 is 0 Å². The van der Waals surface area contributed by atoms with E-state index in [2.05, 4.69) is 22.2 Å². The minimum Gasteiger partial charge on any atom is -0.383 e. The van der Waals surface area contributed by atoms with Gasteiger partial charge in [0.05, 0.1) is 0 Å². The first-order valence-electron chi connectivity index (χ1n) is 8.07. The Kier molecular flexibility index (Phi) is 5.62. The quantitative estimate of drug-likeness (QED) is 0.745. The van der Waals surface area contributed by atoms with E-state index in [-0.39, 0.29) is 0 Å². The molecule has 0 bridgehead atoms. The van der Waals surface area contributed by atoms with Crippen LogP contribution in [0.5, 0.6) is 0 Å². The summed E-state index contributed by atoms with van der Waals surface area (Å²) in [6, 6.07) is 0. The van der Waals surface area contributed by atoms with Crippen LogP contribution in [0, 0.1) is 12.8 Å². The van der Waals surface area contributed by atoms with E-state index in [9.17, 15) is 0 Å². The predicted octanol–water partition coefficient (Wildman–Crippen LogP) is 3.70. The van der Waals surface area contributed by atoms with E-state index in [1.54, 1.807) is 0 Å². The van der Waals surface area contributed by atoms with E-state index in [1.165, 1.54) is 38.5 Å². The first kappa shape index (κ1) is 15.1. The van der Waals surface area contributed by atoms with E-state index < -0.39 is 0 Å². The van der Waals surface area contributed by atoms with Gasteiger partial charge in [-0.1, -0.05) is 32.6 Å². The summed E-state index contributed by atoms with van der Waals surface area (Å²) >= 11 is 0. The van der Waals surface area contributed by atoms with E-state index in [4.69, 9.17) is 5.73 Å². The third-order valence-electron chi connectivity index (χ3n) is 4.26. The Hall–Kier alpha value is -1.32. The highest BCUT2D eigenvalue weighted by Crippen LogP contribution is 2.28. The number of nitrogens with one attached hydrogen (secondary N) is 1. The van der Waals surface area contributed by atoms with Gasteiger partial charge in [0, 0.05) is 18.5 Å². The molecule has 0 spiro atoms. The molecule has 20 heavy (non-hydrogen) atoms. The van der Waals surface area contributed by atoms with Gasteiger partial charge in [-0.05, 0) is 32.1 Å². The summed E-state index contributed by atoms with van der Waals surface area (Å²) in [7, 11) is 0. The van der Waals surface area contributed by atoms with Gasteiger partial charge in [0.1, 0.15) is 17.5 Å². The van der Waals surface area contributed by atoms with Crippen molar-refractivity contribution >= 4 is 11.6 Å². The number of hydrogen-bond donors (Lipinski definition) is 2. The van der Waals surface area contributed by atoms with Crippen LogP contribution in [0.1, 0.15) is 63.3 Å². The van der Waals surface area contributed by atoms with E-state index in [0.717, 1.165) is 42.5 Å². The second-order valence-electron chi connectivity index (χ2n) is 5.97. The highest BCUT2D eigenvalue weighted by atomic mass is 15.1. The van der Waals surface area contributed by atoms with Crippen molar-refractivity contribution in [3.63, 3.8) is 0 Å². The monoisotopic (exact) mass is 276 g/mol. The minimum atomic E-state index is 0.613. The lowest BCUT2D eigenvalue weighted by Gasteiger charge is -2.13. The fraction of sp³-hybridized carbons (Fsp3) is 0.750. The number of hydrogen-bond acceptors (Lipinski definition) is 4. The molecule has 1 aliphatic carbocycles. The lowest BCUT2D eigenvalue weighted by Crippen LogP contribution is -2.11. The second-order valence-corrected chi connectivity index (χ2v) is 5.97. The largest absolute Gasteiger partial charge is 0.383 e. The zero-order chi connectivity index (χ0) is 14.4. The summed E-state index contributed by atoms with van der Waals surface area (Å²) in [6.07, 6.45) is 10.2. The van der Waals surface area contributed by atoms with Crippen molar-refractivity contribution in [2.45, 2.75) is 65.2 Å². The summed E-state index contributed by atoms with van der Waals surface area (Å²) in [5, 5.41) is 3.45. The molecule has 1 aromatic heterocycles. The van der Waals surface area contributed by atoms with Crippen molar-refractivity contribution < 1.29 is 0 Å². The molecule has 4 nitrogen and oxygen atoms in total. The molecule has 0 unspecified atom stereocenters. The van der Waals surface area contributed by atoms with E-state index in [0.29, 0.717) is 5.82 Å². The standard InChI is InChI=1S/C16H28N4/c1-3-7-14-19-15(17)12(2)16(20-14)18-11-6-10-13-8-4-5-9-13/h13H,3-11H2,1-2H3,(H3,17,18,19,20). The summed E-state index contributed by atoms with van der Waals surface area (Å²) < 4.78 is 0. The van der Waals surface area contributed by atoms with Gasteiger partial charge in [-0.2, -0.15) is 0 Å². The summed E-state index contributed by atoms with van der Waals surface area (Å²) in [5.74, 6) is 3.35. The van der Waals surface area contributed by atoms with Crippen molar-refractivity contribution in [3.8, 4) is 0 Å². The van der Waals surface area contributed by atoms with Crippen LogP contribution in [0.2, 0.25) is 0 Å². The number of aryl methyl sites for hydroxylation is 1. The first-order valence-corrected chi connectivity index (χ1v) is 8.07. The number of rotatable bonds is 7. The highest BCUT2D eigenvalue weighted by Gasteiger charge is 2.14. The molecule has 2 rings (SSSR count). The summed E-state index contributed by atoms with van der Waals surface area (Å²) in [4.78, 5) is 8.93. The Bertz CT molecular complexity index is 425. The zero-order valence-corrected chi connectivity index (χ0v) is 12.9. The van der Waals surface area contributed by atoms with Crippen LogP contribution in [0.3, 0.4) is 0 Å². The fourth-order valence-corrected chi connectivity index (χ4v) is 2.99. The van der Waals surface area contributed by atoms with E-state index in [1.807, 2.05) is 6.92 Å². The molecule has 0 atom stereocenters. The topological polar surface area (TPSA) is 63.8 Å². The molecule has 112 valence electrons. The van der Waals surface area contributed by atoms with Crippen LogP contribution < -0.4 is 11.1 Å². The van der Waals surface area contributed by atoms with Crippen molar-refractivity contribution in [1.82, 2.24) is 9.97 Å². The molecule has 1 aliphatic rings. The van der Waals surface area contributed by atoms with Crippen LogP contribution in [0.25, 0.3) is 0 Å². The van der Waals surface area contributed by atoms with Crippen molar-refractivity contribution in [1.29, 1.82) is 0 Å². The Morgan fingerprint density at radius 1 is 1.25 bits per heavy atom. The number of nitrogens with two attached hydrogens (primary N) is 1. The van der Waals surface area contributed by atoms with Crippen molar-refractivity contribution in [2.24, 2.45) is 5.92 Å². The van der Waals surface area contributed by atoms with Crippen LogP contribution >= 0.6 is 0 Å². The average Bonchev–Trinajstić information content (AvgIpc) is 2.93. The van der Waals surface area contributed by atoms with Gasteiger partial charge in [-0.15, -0.1) is 0 Å². The van der Waals surface area contributed by atoms with Crippen LogP contribution in [-0.4, -0.2) is 16.5 Å². The Morgan fingerprint density at radius 3 is 2.70 bits per heavy atom. The molecule has 1 aromatic rings. The third kappa shape index (κ3) is 4.09. The second kappa shape index (κ2) is 7.46. The minimum absolute atomic E-state index is 0.613. The Balaban J connectivity index is 1.84. The van der Waals surface area contributed by atoms with E-state index >= 15 is 0 Å². The molecule has 0 aliphatic heterocycles. The van der Waals surface area contributed by atoms with Gasteiger partial charge in [0.2, 0.25) is 0 Å². The normalized spacial score (nSPS) is 15.7. The summed E-state index contributed by atoms with van der Waals surface area (Å²) in [6.45, 7) is 5.11. The maximum absolute atomic E-state index is 5.96. The molecule has 1 heterocycles. The summed E-state index contributed by atoms with van der Waals surface area (Å²) in [5.41, 5.74) is 6.94. The number of anilines is 2. The number of nitrogen functional groups attached to an aromatic ring is 1. The Labute approximate surface area is 122 Å². The van der Waals surface area contributed by atoms with Crippen molar-refractivity contribution in [2.75, 3.05) is 17.6 Å². The maximum Gasteiger partial charge on any atom is 0.134 e. The zero-order valence-electron chi connectivity index (χ0n) is 12.9. The van der Waals surface area contributed by atoms with Gasteiger partial charge < -0.3 is 11.1 Å². The number of nitrogens with zero attached hydrogens (tertiary/aromatic N) is 2. The molecule has 1 saturated carbocycles. The predicted molar refractivity (Wildman–Crippen MR) is 84.9 cm³/mol. The molecule has 0 saturated heterocycles. The molecule has 0 radical (unpaired) electrons. The molecule has 1 fully saturated rings. The highest BCUT2D eigenvalue weighted by molar-refractivity contribution is 5.54. The van der Waals surface area contributed by atoms with Gasteiger partial charge in [0.15, 0.2) is 0 Å². The van der Waals surface area contributed by atoms with Crippen LogP contribution in [0.15, 0.2) is 0 Å². The van der Waals surface area contributed by atoms with Crippen LogP contribution in [0.4, 0.5) is 11.6 Å². The third-order valence-corrected chi connectivity index (χ3v) is 4.26.